The first-order chi connectivity index (χ1) is 11.3. The Morgan fingerprint density at radius 1 is 1.13 bits per heavy atom. The van der Waals surface area contributed by atoms with Crippen LogP contribution in [0.3, 0.4) is 0 Å². The Labute approximate surface area is 146 Å². The van der Waals surface area contributed by atoms with Gasteiger partial charge in [0.1, 0.15) is 5.82 Å². The Kier molecular flexibility index (Phi) is 4.55. The van der Waals surface area contributed by atoms with Crippen LogP contribution in [0, 0.1) is 4.77 Å². The van der Waals surface area contributed by atoms with E-state index >= 15 is 0 Å². The van der Waals surface area contributed by atoms with E-state index in [1.54, 1.807) is 0 Å². The summed E-state index contributed by atoms with van der Waals surface area (Å²) in [6.07, 6.45) is 2.50. The highest BCUT2D eigenvalue weighted by atomic mass is 32.2. The largest absolute Gasteiger partial charge is 0.299 e. The quantitative estimate of drug-likeness (QED) is 0.776. The zero-order valence-electron chi connectivity index (χ0n) is 13.2. The fourth-order valence-electron chi connectivity index (χ4n) is 3.04. The highest BCUT2D eigenvalue weighted by Gasteiger charge is 2.30. The van der Waals surface area contributed by atoms with Gasteiger partial charge >= 0.3 is 0 Å². The second-order valence-electron chi connectivity index (χ2n) is 6.36. The highest BCUT2D eigenvalue weighted by Crippen LogP contribution is 2.39. The Morgan fingerprint density at radius 3 is 2.57 bits per heavy atom. The minimum Gasteiger partial charge on any atom is -0.299 e. The van der Waals surface area contributed by atoms with Crippen LogP contribution < -0.4 is 0 Å². The molecule has 0 bridgehead atoms. The maximum atomic E-state index is 5.76. The Bertz CT molecular complexity index is 712. The SMILES string of the molecule is S=c1n(CN2CCSCC2)nc(C2CC2)n1Cc1ccccc1. The van der Waals surface area contributed by atoms with Gasteiger partial charge in [0.15, 0.2) is 4.77 Å². The smallest absolute Gasteiger partial charge is 0.199 e. The van der Waals surface area contributed by atoms with Gasteiger partial charge in [0.25, 0.3) is 0 Å². The summed E-state index contributed by atoms with van der Waals surface area (Å²) in [5.74, 6) is 4.23. The van der Waals surface area contributed by atoms with E-state index in [0.29, 0.717) is 5.92 Å². The first kappa shape index (κ1) is 15.4. The molecule has 1 aromatic heterocycles. The molecule has 1 saturated heterocycles. The van der Waals surface area contributed by atoms with Gasteiger partial charge in [0.05, 0.1) is 13.2 Å². The molecule has 0 N–H and O–H groups in total. The lowest BCUT2D eigenvalue weighted by molar-refractivity contribution is 0.225. The van der Waals surface area contributed by atoms with E-state index in [2.05, 4.69) is 39.8 Å². The third-order valence-corrected chi connectivity index (χ3v) is 5.89. The average molecular weight is 347 g/mol. The van der Waals surface area contributed by atoms with Gasteiger partial charge in [-0.15, -0.1) is 0 Å². The summed E-state index contributed by atoms with van der Waals surface area (Å²) in [6, 6.07) is 10.6. The van der Waals surface area contributed by atoms with Crippen molar-refractivity contribution in [2.45, 2.75) is 32.0 Å². The van der Waals surface area contributed by atoms with E-state index in [9.17, 15) is 0 Å². The van der Waals surface area contributed by atoms with Gasteiger partial charge in [-0.05, 0) is 30.6 Å². The molecule has 2 aliphatic rings. The van der Waals surface area contributed by atoms with Crippen molar-refractivity contribution in [2.24, 2.45) is 0 Å². The van der Waals surface area contributed by atoms with Crippen LogP contribution >= 0.6 is 24.0 Å². The number of aromatic nitrogens is 3. The molecule has 0 unspecified atom stereocenters. The third kappa shape index (κ3) is 3.54. The van der Waals surface area contributed by atoms with Crippen molar-refractivity contribution in [1.82, 2.24) is 19.2 Å². The number of thioether (sulfide) groups is 1. The third-order valence-electron chi connectivity index (χ3n) is 4.52. The van der Waals surface area contributed by atoms with Crippen LogP contribution in [0.25, 0.3) is 0 Å². The molecule has 4 nitrogen and oxygen atoms in total. The van der Waals surface area contributed by atoms with Crippen LogP contribution in [-0.4, -0.2) is 43.8 Å². The van der Waals surface area contributed by atoms with E-state index < -0.39 is 0 Å². The van der Waals surface area contributed by atoms with E-state index in [-0.39, 0.29) is 0 Å². The molecule has 23 heavy (non-hydrogen) atoms. The van der Waals surface area contributed by atoms with E-state index in [1.165, 1.54) is 35.7 Å². The van der Waals surface area contributed by atoms with Crippen LogP contribution in [0.2, 0.25) is 0 Å². The van der Waals surface area contributed by atoms with Crippen LogP contribution in [0.4, 0.5) is 0 Å². The summed E-state index contributed by atoms with van der Waals surface area (Å²) in [5, 5.41) is 4.89. The van der Waals surface area contributed by atoms with Crippen molar-refractivity contribution in [2.75, 3.05) is 24.6 Å². The molecular weight excluding hydrogens is 324 g/mol. The molecule has 2 aromatic rings. The first-order valence-electron chi connectivity index (χ1n) is 8.33. The minimum atomic E-state index is 0.610. The molecular formula is C17H22N4S2. The number of benzene rings is 1. The van der Waals surface area contributed by atoms with Crippen LogP contribution in [0.15, 0.2) is 30.3 Å². The maximum Gasteiger partial charge on any atom is 0.199 e. The molecule has 0 spiro atoms. The highest BCUT2D eigenvalue weighted by molar-refractivity contribution is 7.99. The summed E-state index contributed by atoms with van der Waals surface area (Å²) in [4.78, 5) is 2.46. The normalized spacial score (nSPS) is 19.1. The molecule has 1 aromatic carbocycles. The molecule has 2 heterocycles. The lowest BCUT2D eigenvalue weighted by Gasteiger charge is -2.25. The lowest BCUT2D eigenvalue weighted by Crippen LogP contribution is -2.34. The number of nitrogens with zero attached hydrogens (tertiary/aromatic N) is 4. The predicted molar refractivity (Wildman–Crippen MR) is 97.5 cm³/mol. The summed E-state index contributed by atoms with van der Waals surface area (Å²) < 4.78 is 5.16. The van der Waals surface area contributed by atoms with Crippen molar-refractivity contribution in [3.63, 3.8) is 0 Å². The molecule has 1 saturated carbocycles. The number of hydrogen-bond acceptors (Lipinski definition) is 4. The minimum absolute atomic E-state index is 0.610. The van der Waals surface area contributed by atoms with Crippen molar-refractivity contribution in [3.05, 3.63) is 46.5 Å². The van der Waals surface area contributed by atoms with Gasteiger partial charge in [-0.2, -0.15) is 16.9 Å². The molecule has 0 amide bonds. The molecule has 0 radical (unpaired) electrons. The zero-order valence-corrected chi connectivity index (χ0v) is 14.9. The monoisotopic (exact) mass is 346 g/mol. The Balaban J connectivity index is 1.60. The molecule has 1 aliphatic heterocycles. The van der Waals surface area contributed by atoms with E-state index in [4.69, 9.17) is 17.3 Å². The van der Waals surface area contributed by atoms with Crippen LogP contribution in [0.1, 0.15) is 30.1 Å². The van der Waals surface area contributed by atoms with Gasteiger partial charge < -0.3 is 0 Å². The topological polar surface area (TPSA) is 26.0 Å². The Morgan fingerprint density at radius 2 is 1.87 bits per heavy atom. The van der Waals surface area contributed by atoms with E-state index in [0.717, 1.165) is 31.1 Å². The molecule has 122 valence electrons. The predicted octanol–water partition coefficient (Wildman–Crippen LogP) is 3.35. The molecule has 6 heteroatoms. The lowest BCUT2D eigenvalue weighted by atomic mass is 10.2. The van der Waals surface area contributed by atoms with E-state index in [1.807, 2.05) is 16.4 Å². The number of hydrogen-bond donors (Lipinski definition) is 0. The zero-order chi connectivity index (χ0) is 15.6. The summed E-state index contributed by atoms with van der Waals surface area (Å²) in [7, 11) is 0. The summed E-state index contributed by atoms with van der Waals surface area (Å²) in [5.41, 5.74) is 1.29. The van der Waals surface area contributed by atoms with Crippen molar-refractivity contribution < 1.29 is 0 Å². The summed E-state index contributed by atoms with van der Waals surface area (Å²) >= 11 is 7.79. The van der Waals surface area contributed by atoms with Crippen molar-refractivity contribution in [1.29, 1.82) is 0 Å². The molecule has 0 atom stereocenters. The fraction of sp³-hybridized carbons (Fsp3) is 0.529. The fourth-order valence-corrected chi connectivity index (χ4v) is 4.28. The standard InChI is InChI=1S/C17H22N4S2/c22-17-20(12-14-4-2-1-3-5-14)16(15-6-7-15)18-21(17)13-19-8-10-23-11-9-19/h1-5,15H,6-13H2. The van der Waals surface area contributed by atoms with Gasteiger partial charge in [0, 0.05) is 30.5 Å². The van der Waals surface area contributed by atoms with Gasteiger partial charge in [0.2, 0.25) is 0 Å². The van der Waals surface area contributed by atoms with Gasteiger partial charge in [-0.3, -0.25) is 9.47 Å². The first-order valence-corrected chi connectivity index (χ1v) is 9.89. The van der Waals surface area contributed by atoms with Gasteiger partial charge in [-0.25, -0.2) is 4.68 Å². The average Bonchev–Trinajstić information content (AvgIpc) is 3.39. The van der Waals surface area contributed by atoms with Crippen molar-refractivity contribution >= 4 is 24.0 Å². The van der Waals surface area contributed by atoms with Gasteiger partial charge in [-0.1, -0.05) is 30.3 Å². The molecule has 1 aliphatic carbocycles. The summed E-state index contributed by atoms with van der Waals surface area (Å²) in [6.45, 7) is 3.94. The van der Waals surface area contributed by atoms with Crippen molar-refractivity contribution in [3.8, 4) is 0 Å². The van der Waals surface area contributed by atoms with Crippen LogP contribution in [-0.2, 0) is 13.2 Å². The number of rotatable bonds is 5. The second-order valence-corrected chi connectivity index (χ2v) is 7.95. The molecule has 4 rings (SSSR count). The Hall–Kier alpha value is -1.11. The molecule has 2 fully saturated rings. The maximum absolute atomic E-state index is 5.76. The second kappa shape index (κ2) is 6.79. The van der Waals surface area contributed by atoms with Crippen LogP contribution in [0.5, 0.6) is 0 Å².